The second-order valence-corrected chi connectivity index (χ2v) is 7.27. The normalized spacial score (nSPS) is 21.9. The highest BCUT2D eigenvalue weighted by Crippen LogP contribution is 2.42. The fourth-order valence-corrected chi connectivity index (χ4v) is 3.04. The van der Waals surface area contributed by atoms with Gasteiger partial charge < -0.3 is 4.74 Å². The van der Waals surface area contributed by atoms with Gasteiger partial charge in [0.15, 0.2) is 0 Å². The van der Waals surface area contributed by atoms with Crippen molar-refractivity contribution in [1.29, 1.82) is 0 Å². The third kappa shape index (κ3) is 6.69. The molecule has 1 rings (SSSR count). The molecule has 0 aromatic rings. The van der Waals surface area contributed by atoms with E-state index in [2.05, 4.69) is 32.9 Å². The van der Waals surface area contributed by atoms with Crippen LogP contribution in [0.15, 0.2) is 58.7 Å². The van der Waals surface area contributed by atoms with Crippen molar-refractivity contribution in [1.82, 2.24) is 0 Å². The summed E-state index contributed by atoms with van der Waals surface area (Å²) >= 11 is 0. The molecule has 0 saturated carbocycles. The summed E-state index contributed by atoms with van der Waals surface area (Å²) in [6.45, 7) is 11.9. The van der Waals surface area contributed by atoms with Crippen LogP contribution in [0, 0.1) is 5.41 Å². The summed E-state index contributed by atoms with van der Waals surface area (Å²) in [5.41, 5.74) is 4.46. The number of allylic oxidation sites excluding steroid dienone is 9. The van der Waals surface area contributed by atoms with E-state index in [-0.39, 0.29) is 17.5 Å². The zero-order valence-electron chi connectivity index (χ0n) is 16.3. The molecule has 0 saturated heterocycles. The molecule has 1 atom stereocenters. The maximum atomic E-state index is 11.3. The van der Waals surface area contributed by atoms with Gasteiger partial charge >= 0.3 is 5.97 Å². The fourth-order valence-electron chi connectivity index (χ4n) is 3.04. The standard InChI is InChI=1S/C22H30O3/c1-16(8-7-9-17(2)13-15-23)10-11-20-18(3)21(25-19(4)24)12-14-22(20,5)6/h7-11,13,15,21H,12,14H2,1-6H3/b9-7+,11-10+,16-8+,17-13+/t21-/m1/s1. The van der Waals surface area contributed by atoms with E-state index in [9.17, 15) is 9.59 Å². The predicted octanol–water partition coefficient (Wildman–Crippen LogP) is 5.26. The molecule has 136 valence electrons. The molecule has 25 heavy (non-hydrogen) atoms. The van der Waals surface area contributed by atoms with Crippen molar-refractivity contribution < 1.29 is 14.3 Å². The van der Waals surface area contributed by atoms with Crippen LogP contribution in [-0.2, 0) is 14.3 Å². The smallest absolute Gasteiger partial charge is 0.303 e. The first-order valence-corrected chi connectivity index (χ1v) is 8.71. The van der Waals surface area contributed by atoms with Gasteiger partial charge in [0, 0.05) is 6.92 Å². The van der Waals surface area contributed by atoms with Gasteiger partial charge in [0.1, 0.15) is 12.4 Å². The Hall–Kier alpha value is -2.16. The maximum Gasteiger partial charge on any atom is 0.303 e. The molecule has 3 nitrogen and oxygen atoms in total. The topological polar surface area (TPSA) is 43.4 Å². The number of carbonyl (C=O) groups excluding carboxylic acids is 2. The number of carbonyl (C=O) groups is 2. The molecule has 0 aromatic heterocycles. The van der Waals surface area contributed by atoms with Crippen LogP contribution in [0.4, 0.5) is 0 Å². The molecule has 1 aliphatic rings. The van der Waals surface area contributed by atoms with Gasteiger partial charge in [-0.25, -0.2) is 0 Å². The largest absolute Gasteiger partial charge is 0.458 e. The van der Waals surface area contributed by atoms with Crippen LogP contribution in [-0.4, -0.2) is 18.4 Å². The van der Waals surface area contributed by atoms with E-state index < -0.39 is 0 Å². The van der Waals surface area contributed by atoms with E-state index in [0.29, 0.717) is 0 Å². The lowest BCUT2D eigenvalue weighted by atomic mass is 9.71. The SMILES string of the molecule is CC(=O)O[C@@H]1CCC(C)(C)C(/C=C/C(C)=C/C=C/C(C)=C/C=O)=C1C. The maximum absolute atomic E-state index is 11.3. The number of hydrogen-bond donors (Lipinski definition) is 0. The van der Waals surface area contributed by atoms with E-state index in [1.165, 1.54) is 18.6 Å². The van der Waals surface area contributed by atoms with Gasteiger partial charge in [0.05, 0.1) is 0 Å². The van der Waals surface area contributed by atoms with Gasteiger partial charge in [0.25, 0.3) is 0 Å². The molecule has 0 aliphatic heterocycles. The van der Waals surface area contributed by atoms with Crippen molar-refractivity contribution in [2.24, 2.45) is 5.41 Å². The first kappa shape index (κ1) is 20.9. The quantitative estimate of drug-likeness (QED) is 0.286. The van der Waals surface area contributed by atoms with Crippen molar-refractivity contribution in [3.63, 3.8) is 0 Å². The Bertz CT molecular complexity index is 655. The van der Waals surface area contributed by atoms with Crippen molar-refractivity contribution in [3.05, 3.63) is 58.7 Å². The summed E-state index contributed by atoms with van der Waals surface area (Å²) in [5.74, 6) is -0.229. The molecule has 0 radical (unpaired) electrons. The number of ether oxygens (including phenoxy) is 1. The molecule has 0 bridgehead atoms. The van der Waals surface area contributed by atoms with E-state index >= 15 is 0 Å². The lowest BCUT2D eigenvalue weighted by Crippen LogP contribution is -2.30. The molecule has 0 spiro atoms. The Kier molecular flexibility index (Phi) is 7.82. The van der Waals surface area contributed by atoms with Crippen LogP contribution >= 0.6 is 0 Å². The average molecular weight is 342 g/mol. The Morgan fingerprint density at radius 3 is 2.36 bits per heavy atom. The molecule has 0 N–H and O–H groups in total. The number of aldehydes is 1. The predicted molar refractivity (Wildman–Crippen MR) is 103 cm³/mol. The molecule has 0 unspecified atom stereocenters. The second-order valence-electron chi connectivity index (χ2n) is 7.27. The lowest BCUT2D eigenvalue weighted by Gasteiger charge is -2.36. The minimum atomic E-state index is -0.229. The number of esters is 1. The van der Waals surface area contributed by atoms with Crippen LogP contribution in [0.25, 0.3) is 0 Å². The van der Waals surface area contributed by atoms with Gasteiger partial charge in [-0.15, -0.1) is 0 Å². The molecule has 0 aromatic carbocycles. The third-order valence-corrected chi connectivity index (χ3v) is 4.54. The Balaban J connectivity index is 2.98. The van der Waals surface area contributed by atoms with Crippen LogP contribution in [0.5, 0.6) is 0 Å². The first-order valence-electron chi connectivity index (χ1n) is 8.71. The van der Waals surface area contributed by atoms with Crippen molar-refractivity contribution in [2.75, 3.05) is 0 Å². The Morgan fingerprint density at radius 2 is 1.76 bits per heavy atom. The summed E-state index contributed by atoms with van der Waals surface area (Å²) in [6.07, 6.45) is 14.1. The van der Waals surface area contributed by atoms with Gasteiger partial charge in [0.2, 0.25) is 0 Å². The average Bonchev–Trinajstić information content (AvgIpc) is 2.50. The fraction of sp³-hybridized carbons (Fsp3) is 0.455. The lowest BCUT2D eigenvalue weighted by molar-refractivity contribution is -0.145. The van der Waals surface area contributed by atoms with Crippen LogP contribution < -0.4 is 0 Å². The van der Waals surface area contributed by atoms with E-state index in [0.717, 1.165) is 35.8 Å². The van der Waals surface area contributed by atoms with Gasteiger partial charge in [-0.05, 0) is 61.8 Å². The first-order chi connectivity index (χ1) is 11.7. The van der Waals surface area contributed by atoms with Crippen molar-refractivity contribution in [2.45, 2.75) is 60.5 Å². The molecule has 3 heteroatoms. The van der Waals surface area contributed by atoms with E-state index in [1.54, 1.807) is 0 Å². The van der Waals surface area contributed by atoms with Crippen LogP contribution in [0.1, 0.15) is 54.4 Å². The van der Waals surface area contributed by atoms with Gasteiger partial charge in [-0.3, -0.25) is 9.59 Å². The molecule has 1 aliphatic carbocycles. The molecule has 0 amide bonds. The summed E-state index contributed by atoms with van der Waals surface area (Å²) in [4.78, 5) is 21.7. The summed E-state index contributed by atoms with van der Waals surface area (Å²) in [5, 5.41) is 0. The highest BCUT2D eigenvalue weighted by Gasteiger charge is 2.33. The minimum absolute atomic E-state index is 0.0661. The molecule has 0 heterocycles. The summed E-state index contributed by atoms with van der Waals surface area (Å²) in [7, 11) is 0. The zero-order valence-corrected chi connectivity index (χ0v) is 16.3. The highest BCUT2D eigenvalue weighted by molar-refractivity contribution is 5.67. The Labute approximate surface area is 151 Å². The number of hydrogen-bond acceptors (Lipinski definition) is 3. The summed E-state index contributed by atoms with van der Waals surface area (Å²) < 4.78 is 5.46. The third-order valence-electron chi connectivity index (χ3n) is 4.54. The summed E-state index contributed by atoms with van der Waals surface area (Å²) in [6, 6.07) is 0. The van der Waals surface area contributed by atoms with Gasteiger partial charge in [-0.1, -0.05) is 49.8 Å². The second kappa shape index (κ2) is 9.36. The number of rotatable bonds is 6. The zero-order chi connectivity index (χ0) is 19.0. The van der Waals surface area contributed by atoms with Crippen LogP contribution in [0.2, 0.25) is 0 Å². The van der Waals surface area contributed by atoms with Crippen LogP contribution in [0.3, 0.4) is 0 Å². The van der Waals surface area contributed by atoms with Crippen molar-refractivity contribution >= 4 is 12.3 Å². The van der Waals surface area contributed by atoms with Crippen molar-refractivity contribution in [3.8, 4) is 0 Å². The van der Waals surface area contributed by atoms with Gasteiger partial charge in [-0.2, -0.15) is 0 Å². The molecule has 0 fully saturated rings. The Morgan fingerprint density at radius 1 is 1.12 bits per heavy atom. The minimum Gasteiger partial charge on any atom is -0.458 e. The molecular formula is C22H30O3. The highest BCUT2D eigenvalue weighted by atomic mass is 16.5. The molecular weight excluding hydrogens is 312 g/mol. The monoisotopic (exact) mass is 342 g/mol. The van der Waals surface area contributed by atoms with E-state index in [4.69, 9.17) is 4.74 Å². The van der Waals surface area contributed by atoms with E-state index in [1.807, 2.05) is 32.1 Å².